The second-order valence-corrected chi connectivity index (χ2v) is 7.09. The zero-order valence-corrected chi connectivity index (χ0v) is 15.9. The van der Waals surface area contributed by atoms with Gasteiger partial charge in [0.25, 0.3) is 0 Å². The molecular weight excluding hydrogens is 395 g/mol. The number of anilines is 2. The van der Waals surface area contributed by atoms with Crippen LogP contribution in [0.25, 0.3) is 12.2 Å². The van der Waals surface area contributed by atoms with Gasteiger partial charge in [-0.2, -0.15) is 0 Å². The van der Waals surface area contributed by atoms with Crippen molar-refractivity contribution in [2.45, 2.75) is 13.0 Å². The molecule has 118 valence electrons. The first-order valence-corrected chi connectivity index (χ1v) is 8.70. The Morgan fingerprint density at radius 3 is 2.43 bits per heavy atom. The van der Waals surface area contributed by atoms with Gasteiger partial charge in [0.2, 0.25) is 0 Å². The van der Waals surface area contributed by atoms with Crippen molar-refractivity contribution in [1.29, 1.82) is 0 Å². The number of para-hydroxylation sites is 1. The quantitative estimate of drug-likeness (QED) is 0.488. The Labute approximate surface area is 152 Å². The number of benzene rings is 2. The van der Waals surface area contributed by atoms with Crippen LogP contribution in [0.5, 0.6) is 0 Å². The van der Waals surface area contributed by atoms with Gasteiger partial charge in [0.15, 0.2) is 0 Å². The molecule has 0 saturated heterocycles. The lowest BCUT2D eigenvalue weighted by molar-refractivity contribution is 0.965. The molecule has 0 bridgehead atoms. The molecule has 0 saturated carbocycles. The molecule has 2 aromatic rings. The van der Waals surface area contributed by atoms with E-state index in [1.807, 2.05) is 0 Å². The first kappa shape index (κ1) is 16.1. The van der Waals surface area contributed by atoms with Crippen LogP contribution in [0, 0.1) is 0 Å². The molecule has 3 rings (SSSR count). The van der Waals surface area contributed by atoms with E-state index in [2.05, 4.69) is 119 Å². The molecule has 0 amide bonds. The maximum atomic E-state index is 2.42. The van der Waals surface area contributed by atoms with Crippen LogP contribution in [-0.4, -0.2) is 20.1 Å². The van der Waals surface area contributed by atoms with Crippen LogP contribution in [0.2, 0.25) is 0 Å². The largest absolute Gasteiger partial charge is 0.378 e. The Hall–Kier alpha value is -1.75. The topological polar surface area (TPSA) is 6.48 Å². The minimum Gasteiger partial charge on any atom is -0.378 e. The molecule has 3 heteroatoms. The molecule has 0 radical (unpaired) electrons. The number of hydrogen-bond acceptors (Lipinski definition) is 2. The summed E-state index contributed by atoms with van der Waals surface area (Å²) in [5.74, 6) is 0. The van der Waals surface area contributed by atoms with E-state index >= 15 is 0 Å². The summed E-state index contributed by atoms with van der Waals surface area (Å²) < 4.78 is 2.31. The summed E-state index contributed by atoms with van der Waals surface area (Å²) in [6, 6.07) is 17.5. The summed E-state index contributed by atoms with van der Waals surface area (Å²) in [4.78, 5) is 2.12. The second-order valence-electron chi connectivity index (χ2n) is 6.05. The fourth-order valence-electron chi connectivity index (χ4n) is 2.78. The summed E-state index contributed by atoms with van der Waals surface area (Å²) in [5.41, 5.74) is 6.38. The number of hydrogen-bond donors (Lipinski definition) is 0. The van der Waals surface area contributed by atoms with Gasteiger partial charge < -0.3 is 8.01 Å². The minimum absolute atomic E-state index is 0.291. The van der Waals surface area contributed by atoms with Crippen LogP contribution in [0.1, 0.15) is 18.1 Å². The number of halogens is 1. The lowest BCUT2D eigenvalue weighted by Crippen LogP contribution is -2.28. The maximum absolute atomic E-state index is 2.42. The van der Waals surface area contributed by atoms with Crippen molar-refractivity contribution in [3.8, 4) is 0 Å². The van der Waals surface area contributed by atoms with Crippen molar-refractivity contribution < 1.29 is 0 Å². The first-order valence-electron chi connectivity index (χ1n) is 7.74. The number of fused-ring (bicyclic) bond motifs is 1. The van der Waals surface area contributed by atoms with E-state index in [0.29, 0.717) is 6.04 Å². The van der Waals surface area contributed by atoms with Crippen molar-refractivity contribution >= 4 is 46.4 Å². The van der Waals surface area contributed by atoms with Gasteiger partial charge in [0, 0.05) is 19.8 Å². The first-order chi connectivity index (χ1) is 11.1. The molecule has 2 nitrogen and oxygen atoms in total. The van der Waals surface area contributed by atoms with Crippen molar-refractivity contribution in [3.05, 3.63) is 71.3 Å². The van der Waals surface area contributed by atoms with Gasteiger partial charge in [-0.1, -0.05) is 48.6 Å². The van der Waals surface area contributed by atoms with Gasteiger partial charge in [-0.3, -0.25) is 0 Å². The summed E-state index contributed by atoms with van der Waals surface area (Å²) >= 11 is 2.42. The van der Waals surface area contributed by atoms with E-state index in [-0.39, 0.29) is 0 Å². The van der Waals surface area contributed by atoms with E-state index < -0.39 is 0 Å². The fraction of sp³-hybridized carbons (Fsp3) is 0.200. The van der Waals surface area contributed by atoms with E-state index in [9.17, 15) is 0 Å². The molecule has 1 unspecified atom stereocenters. The Morgan fingerprint density at radius 1 is 1.04 bits per heavy atom. The molecule has 1 atom stereocenters. The highest BCUT2D eigenvalue weighted by atomic mass is 127. The van der Waals surface area contributed by atoms with Crippen LogP contribution < -0.4 is 8.01 Å². The van der Waals surface area contributed by atoms with Gasteiger partial charge in [-0.15, -0.1) is 0 Å². The fourth-order valence-corrected chi connectivity index (χ4v) is 3.84. The highest BCUT2D eigenvalue weighted by Crippen LogP contribution is 2.35. The summed E-state index contributed by atoms with van der Waals surface area (Å²) in [7, 11) is 4.12. The normalized spacial score (nSPS) is 17.1. The van der Waals surface area contributed by atoms with Crippen LogP contribution >= 0.6 is 22.9 Å². The summed E-state index contributed by atoms with van der Waals surface area (Å²) in [6.45, 7) is 2.20. The SMILES string of the molecule is CC1=Cc2ccccc2N(I)C1C=Cc1ccc(N(C)C)cc1. The van der Waals surface area contributed by atoms with Crippen LogP contribution in [-0.2, 0) is 0 Å². The average Bonchev–Trinajstić information content (AvgIpc) is 2.55. The van der Waals surface area contributed by atoms with Crippen LogP contribution in [0.15, 0.2) is 60.2 Å². The third-order valence-electron chi connectivity index (χ3n) is 4.14. The maximum Gasteiger partial charge on any atom is 0.0786 e. The van der Waals surface area contributed by atoms with E-state index in [1.165, 1.54) is 28.1 Å². The molecule has 23 heavy (non-hydrogen) atoms. The van der Waals surface area contributed by atoms with E-state index in [0.717, 1.165) is 0 Å². The molecule has 2 aromatic carbocycles. The van der Waals surface area contributed by atoms with Crippen molar-refractivity contribution in [2.75, 3.05) is 22.1 Å². The zero-order chi connectivity index (χ0) is 16.4. The summed E-state index contributed by atoms with van der Waals surface area (Å²) in [6.07, 6.45) is 6.77. The third kappa shape index (κ3) is 3.44. The number of rotatable bonds is 3. The van der Waals surface area contributed by atoms with Crippen LogP contribution in [0.3, 0.4) is 0 Å². The van der Waals surface area contributed by atoms with Gasteiger partial charge in [-0.25, -0.2) is 0 Å². The van der Waals surface area contributed by atoms with E-state index in [1.54, 1.807) is 0 Å². The highest BCUT2D eigenvalue weighted by Gasteiger charge is 2.22. The molecule has 0 spiro atoms. The molecule has 1 heterocycles. The van der Waals surface area contributed by atoms with Gasteiger partial charge in [0.1, 0.15) is 0 Å². The standard InChI is InChI=1S/C20H21IN2/c1-15-14-17-6-4-5-7-20(17)23(21)19(15)13-10-16-8-11-18(12-9-16)22(2)3/h4-14,19H,1-3H3. The van der Waals surface area contributed by atoms with Crippen LogP contribution in [0.4, 0.5) is 11.4 Å². The third-order valence-corrected chi connectivity index (χ3v) is 5.26. The molecule has 0 aromatic heterocycles. The molecule has 0 fully saturated rings. The monoisotopic (exact) mass is 416 g/mol. The summed E-state index contributed by atoms with van der Waals surface area (Å²) in [5, 5.41) is 0. The minimum atomic E-state index is 0.291. The second kappa shape index (κ2) is 6.79. The average molecular weight is 416 g/mol. The predicted octanol–water partition coefficient (Wildman–Crippen LogP) is 5.41. The van der Waals surface area contributed by atoms with Gasteiger partial charge in [0.05, 0.1) is 34.6 Å². The van der Waals surface area contributed by atoms with Gasteiger partial charge >= 0.3 is 0 Å². The van der Waals surface area contributed by atoms with Crippen molar-refractivity contribution in [2.24, 2.45) is 0 Å². The highest BCUT2D eigenvalue weighted by molar-refractivity contribution is 14.1. The lowest BCUT2D eigenvalue weighted by atomic mass is 9.98. The molecule has 0 N–H and O–H groups in total. The van der Waals surface area contributed by atoms with Crippen molar-refractivity contribution in [1.82, 2.24) is 0 Å². The lowest BCUT2D eigenvalue weighted by Gasteiger charge is -2.31. The molecule has 1 aliphatic heterocycles. The van der Waals surface area contributed by atoms with Crippen molar-refractivity contribution in [3.63, 3.8) is 0 Å². The smallest absolute Gasteiger partial charge is 0.0786 e. The Morgan fingerprint density at radius 2 is 1.74 bits per heavy atom. The number of nitrogens with zero attached hydrogens (tertiary/aromatic N) is 2. The Bertz CT molecular complexity index is 744. The Balaban J connectivity index is 1.83. The Kier molecular flexibility index (Phi) is 4.76. The molecule has 1 aliphatic rings. The van der Waals surface area contributed by atoms with E-state index in [4.69, 9.17) is 0 Å². The predicted molar refractivity (Wildman–Crippen MR) is 110 cm³/mol. The zero-order valence-electron chi connectivity index (χ0n) is 13.7. The molecule has 0 aliphatic carbocycles. The van der Waals surface area contributed by atoms with Gasteiger partial charge in [-0.05, 0) is 41.8 Å². The molecular formula is C20H21IN2.